The molecule has 6 heteroatoms. The Kier molecular flexibility index (Phi) is 3.80. The van der Waals surface area contributed by atoms with Gasteiger partial charge in [0.2, 0.25) is 5.78 Å². The Labute approximate surface area is 155 Å². The number of thiophene rings is 1. The van der Waals surface area contributed by atoms with Crippen LogP contribution in [0.25, 0.3) is 22.2 Å². The third kappa shape index (κ3) is 2.66. The molecule has 26 heavy (non-hydrogen) atoms. The number of H-pyrrole nitrogens is 1. The predicted molar refractivity (Wildman–Crippen MR) is 105 cm³/mol. The van der Waals surface area contributed by atoms with E-state index in [1.165, 1.54) is 0 Å². The van der Waals surface area contributed by atoms with Crippen molar-refractivity contribution in [2.45, 2.75) is 26.2 Å². The summed E-state index contributed by atoms with van der Waals surface area (Å²) in [6, 6.07) is 5.91. The maximum absolute atomic E-state index is 13.3. The van der Waals surface area contributed by atoms with Gasteiger partial charge in [-0.2, -0.15) is 16.4 Å². The van der Waals surface area contributed by atoms with Crippen LogP contribution in [0.1, 0.15) is 42.5 Å². The van der Waals surface area contributed by atoms with E-state index < -0.39 is 0 Å². The first-order valence-electron chi connectivity index (χ1n) is 8.44. The van der Waals surface area contributed by atoms with Crippen LogP contribution in [0.3, 0.4) is 0 Å². The second-order valence-electron chi connectivity index (χ2n) is 7.41. The van der Waals surface area contributed by atoms with Crippen LogP contribution in [0.2, 0.25) is 0 Å². The molecule has 4 rings (SSSR count). The molecule has 0 aliphatic carbocycles. The number of carbonyl (C=O) groups excluding carboxylic acids is 1. The van der Waals surface area contributed by atoms with Crippen molar-refractivity contribution in [3.8, 4) is 11.1 Å². The summed E-state index contributed by atoms with van der Waals surface area (Å²) in [6.45, 7) is 6.27. The van der Waals surface area contributed by atoms with Gasteiger partial charge in [-0.1, -0.05) is 20.8 Å². The maximum Gasteiger partial charge on any atom is 0.213 e. The number of ketones is 1. The second kappa shape index (κ2) is 5.92. The number of fused-ring (bicyclic) bond motifs is 1. The molecule has 1 N–H and O–H groups in total. The highest BCUT2D eigenvalue weighted by Crippen LogP contribution is 2.32. The monoisotopic (exact) mass is 364 g/mol. The number of pyridine rings is 1. The molecule has 0 amide bonds. The minimum Gasteiger partial charge on any atom is -0.345 e. The molecule has 0 aliphatic rings. The molecule has 0 aliphatic heterocycles. The molecule has 0 spiro atoms. The Morgan fingerprint density at radius 1 is 1.27 bits per heavy atom. The van der Waals surface area contributed by atoms with Crippen LogP contribution in [0.5, 0.6) is 0 Å². The van der Waals surface area contributed by atoms with Gasteiger partial charge in [0.1, 0.15) is 11.3 Å². The van der Waals surface area contributed by atoms with Crippen LogP contribution in [0.15, 0.2) is 41.4 Å². The first-order chi connectivity index (χ1) is 12.4. The fourth-order valence-corrected chi connectivity index (χ4v) is 3.73. The lowest BCUT2D eigenvalue weighted by Gasteiger charge is -2.13. The molecule has 4 aromatic rings. The molecule has 4 heterocycles. The minimum absolute atomic E-state index is 0.0498. The highest BCUT2D eigenvalue weighted by atomic mass is 32.1. The molecule has 0 atom stereocenters. The Bertz CT molecular complexity index is 1100. The Morgan fingerprint density at radius 2 is 2.08 bits per heavy atom. The van der Waals surface area contributed by atoms with Crippen LogP contribution in [0, 0.1) is 0 Å². The topological polar surface area (TPSA) is 63.6 Å². The van der Waals surface area contributed by atoms with Crippen molar-refractivity contribution in [3.63, 3.8) is 0 Å². The molecule has 0 bridgehead atoms. The van der Waals surface area contributed by atoms with Crippen molar-refractivity contribution < 1.29 is 4.79 Å². The Hall–Kier alpha value is -2.73. The van der Waals surface area contributed by atoms with E-state index in [9.17, 15) is 4.79 Å². The van der Waals surface area contributed by atoms with E-state index in [4.69, 9.17) is 0 Å². The molecule has 0 unspecified atom stereocenters. The average molecular weight is 364 g/mol. The summed E-state index contributed by atoms with van der Waals surface area (Å²) in [7, 11) is 1.81. The number of aromatic nitrogens is 4. The molecule has 4 aromatic heterocycles. The molecule has 0 saturated carbocycles. The van der Waals surface area contributed by atoms with Crippen LogP contribution < -0.4 is 0 Å². The largest absolute Gasteiger partial charge is 0.345 e. The van der Waals surface area contributed by atoms with E-state index in [2.05, 4.69) is 47.3 Å². The lowest BCUT2D eigenvalue weighted by Crippen LogP contribution is -2.12. The van der Waals surface area contributed by atoms with Gasteiger partial charge in [-0.15, -0.1) is 0 Å². The maximum atomic E-state index is 13.3. The number of carbonyl (C=O) groups is 1. The van der Waals surface area contributed by atoms with Gasteiger partial charge < -0.3 is 4.98 Å². The minimum atomic E-state index is -0.111. The fraction of sp³-hybridized carbons (Fsp3) is 0.250. The quantitative estimate of drug-likeness (QED) is 0.542. The number of hydrogen-bond acceptors (Lipinski definition) is 4. The molecule has 5 nitrogen and oxygen atoms in total. The van der Waals surface area contributed by atoms with Gasteiger partial charge >= 0.3 is 0 Å². The zero-order valence-electron chi connectivity index (χ0n) is 15.2. The molecular weight excluding hydrogens is 344 g/mol. The summed E-state index contributed by atoms with van der Waals surface area (Å²) < 4.78 is 1.67. The summed E-state index contributed by atoms with van der Waals surface area (Å²) in [5.41, 5.74) is 4.82. The highest BCUT2D eigenvalue weighted by molar-refractivity contribution is 7.08. The summed E-state index contributed by atoms with van der Waals surface area (Å²) in [5, 5.41) is 9.51. The first-order valence-corrected chi connectivity index (χ1v) is 9.38. The summed E-state index contributed by atoms with van der Waals surface area (Å²) in [4.78, 5) is 20.8. The van der Waals surface area contributed by atoms with E-state index in [0.29, 0.717) is 11.3 Å². The van der Waals surface area contributed by atoms with Crippen LogP contribution in [0.4, 0.5) is 0 Å². The van der Waals surface area contributed by atoms with Gasteiger partial charge in [0.05, 0.1) is 11.3 Å². The van der Waals surface area contributed by atoms with Crippen molar-refractivity contribution in [1.82, 2.24) is 19.7 Å². The van der Waals surface area contributed by atoms with E-state index in [1.807, 2.05) is 24.6 Å². The first kappa shape index (κ1) is 16.7. The smallest absolute Gasteiger partial charge is 0.213 e. The second-order valence-corrected chi connectivity index (χ2v) is 8.19. The van der Waals surface area contributed by atoms with Crippen molar-refractivity contribution in [3.05, 3.63) is 58.3 Å². The van der Waals surface area contributed by atoms with Gasteiger partial charge in [-0.25, -0.2) is 4.98 Å². The molecule has 132 valence electrons. The Morgan fingerprint density at radius 3 is 2.73 bits per heavy atom. The molecule has 0 fully saturated rings. The standard InChI is InChI=1S/C20H20N4OS/c1-20(2,3)16-9-15(24(4)23-16)18(25)14-10-22-19-17(14)13(5-7-21-19)12-6-8-26-11-12/h5-11H,1-4H3,(H,21,22). The summed E-state index contributed by atoms with van der Waals surface area (Å²) >= 11 is 1.64. The van der Waals surface area contributed by atoms with E-state index in [0.717, 1.165) is 27.9 Å². The van der Waals surface area contributed by atoms with Crippen molar-refractivity contribution in [2.24, 2.45) is 7.05 Å². The van der Waals surface area contributed by atoms with E-state index in [1.54, 1.807) is 28.4 Å². The molecule has 0 radical (unpaired) electrons. The zero-order valence-corrected chi connectivity index (χ0v) is 16.0. The molecule has 0 saturated heterocycles. The predicted octanol–water partition coefficient (Wildman–Crippen LogP) is 4.55. The van der Waals surface area contributed by atoms with E-state index >= 15 is 0 Å². The lowest BCUT2D eigenvalue weighted by atomic mass is 9.92. The highest BCUT2D eigenvalue weighted by Gasteiger charge is 2.25. The van der Waals surface area contributed by atoms with Gasteiger partial charge in [0, 0.05) is 30.2 Å². The van der Waals surface area contributed by atoms with Crippen LogP contribution >= 0.6 is 11.3 Å². The third-order valence-electron chi connectivity index (χ3n) is 4.53. The number of rotatable bonds is 3. The van der Waals surface area contributed by atoms with Gasteiger partial charge in [0.15, 0.2) is 0 Å². The Balaban J connectivity index is 1.88. The third-order valence-corrected chi connectivity index (χ3v) is 5.21. The lowest BCUT2D eigenvalue weighted by molar-refractivity contribution is 0.103. The average Bonchev–Trinajstić information content (AvgIpc) is 3.32. The van der Waals surface area contributed by atoms with E-state index in [-0.39, 0.29) is 11.2 Å². The number of aromatic amines is 1. The van der Waals surface area contributed by atoms with Crippen LogP contribution in [-0.2, 0) is 12.5 Å². The molecule has 0 aromatic carbocycles. The van der Waals surface area contributed by atoms with Crippen molar-refractivity contribution >= 4 is 28.2 Å². The summed E-state index contributed by atoms with van der Waals surface area (Å²) in [6.07, 6.45) is 3.52. The van der Waals surface area contributed by atoms with Gasteiger partial charge in [-0.3, -0.25) is 9.48 Å². The zero-order chi connectivity index (χ0) is 18.5. The van der Waals surface area contributed by atoms with Gasteiger partial charge in [-0.05, 0) is 40.1 Å². The normalized spacial score (nSPS) is 12.0. The van der Waals surface area contributed by atoms with Crippen molar-refractivity contribution in [2.75, 3.05) is 0 Å². The van der Waals surface area contributed by atoms with Gasteiger partial charge in [0.25, 0.3) is 0 Å². The van der Waals surface area contributed by atoms with Crippen molar-refractivity contribution in [1.29, 1.82) is 0 Å². The number of aryl methyl sites for hydroxylation is 1. The fourth-order valence-electron chi connectivity index (χ4n) is 3.08. The number of nitrogens with one attached hydrogen (secondary N) is 1. The van der Waals surface area contributed by atoms with Crippen LogP contribution in [-0.4, -0.2) is 25.5 Å². The molecular formula is C20H20N4OS. The summed E-state index contributed by atoms with van der Waals surface area (Å²) in [5.74, 6) is -0.0498. The SMILES string of the molecule is Cn1nc(C(C)(C)C)cc1C(=O)c1c[nH]c2nccc(-c3ccsc3)c12. The number of nitrogens with zero attached hydrogens (tertiary/aromatic N) is 3. The number of hydrogen-bond donors (Lipinski definition) is 1.